The number of rotatable bonds is 2. The second kappa shape index (κ2) is 6.83. The quantitative estimate of drug-likeness (QED) is 0.699. The highest BCUT2D eigenvalue weighted by Crippen LogP contribution is 2.52. The Labute approximate surface area is 165 Å². The summed E-state index contributed by atoms with van der Waals surface area (Å²) in [5.41, 5.74) is 4.57. The summed E-state index contributed by atoms with van der Waals surface area (Å²) in [6.07, 6.45) is 9.26. The fourth-order valence-electron chi connectivity index (χ4n) is 5.03. The summed E-state index contributed by atoms with van der Waals surface area (Å²) in [6, 6.07) is 8.78. The first kappa shape index (κ1) is 17.1. The summed E-state index contributed by atoms with van der Waals surface area (Å²) in [6.45, 7) is 3.98. The fraction of sp³-hybridized carbons (Fsp3) is 0.435. The van der Waals surface area contributed by atoms with E-state index < -0.39 is 0 Å². The summed E-state index contributed by atoms with van der Waals surface area (Å²) in [5.74, 6) is 1.14. The van der Waals surface area contributed by atoms with Crippen LogP contribution in [0.25, 0.3) is 0 Å². The molecule has 1 amide bonds. The largest absolute Gasteiger partial charge is 0.376 e. The van der Waals surface area contributed by atoms with E-state index in [1.807, 2.05) is 22.3 Å². The number of piperidine rings is 1. The van der Waals surface area contributed by atoms with Crippen LogP contribution in [-0.4, -0.2) is 23.9 Å². The molecule has 27 heavy (non-hydrogen) atoms. The Balaban J connectivity index is 1.57. The van der Waals surface area contributed by atoms with Gasteiger partial charge in [0.25, 0.3) is 5.91 Å². The van der Waals surface area contributed by atoms with Crippen LogP contribution >= 0.6 is 11.3 Å². The molecular weight excluding hydrogens is 352 g/mol. The van der Waals surface area contributed by atoms with Crippen LogP contribution in [0.2, 0.25) is 0 Å². The third-order valence-corrected chi connectivity index (χ3v) is 7.56. The molecule has 1 aromatic carbocycles. The molecule has 3 aliphatic rings. The lowest BCUT2D eigenvalue weighted by atomic mass is 9.77. The zero-order valence-corrected chi connectivity index (χ0v) is 16.6. The van der Waals surface area contributed by atoms with Crippen LogP contribution in [0.4, 0.5) is 5.69 Å². The highest BCUT2D eigenvalue weighted by atomic mass is 32.1. The Hall–Kier alpha value is -2.07. The minimum absolute atomic E-state index is 0.195. The van der Waals surface area contributed by atoms with Gasteiger partial charge in [0.1, 0.15) is 0 Å². The Kier molecular flexibility index (Phi) is 4.31. The number of amides is 1. The number of carbonyl (C=O) groups is 1. The standard InChI is InChI=1S/C23H26N2OS/c1-15-11-14-27-22(15)21-18-9-5-7-16(18)17-8-6-10-19(20(17)24-21)23(26)25-12-3-2-4-13-25/h5-8,10-11,14,16,18,21,24H,2-4,9,12-13H2,1H3. The smallest absolute Gasteiger partial charge is 0.255 e. The number of aryl methyl sites for hydroxylation is 1. The molecule has 1 aliphatic carbocycles. The Morgan fingerprint density at radius 3 is 2.81 bits per heavy atom. The maximum absolute atomic E-state index is 13.3. The molecule has 0 bridgehead atoms. The van der Waals surface area contributed by atoms with Gasteiger partial charge in [-0.15, -0.1) is 11.3 Å². The summed E-state index contributed by atoms with van der Waals surface area (Å²) in [7, 11) is 0. The highest BCUT2D eigenvalue weighted by molar-refractivity contribution is 7.10. The Morgan fingerprint density at radius 1 is 1.19 bits per heavy atom. The zero-order chi connectivity index (χ0) is 18.4. The molecule has 4 heteroatoms. The second-order valence-corrected chi connectivity index (χ2v) is 9.01. The van der Waals surface area contributed by atoms with Gasteiger partial charge < -0.3 is 10.2 Å². The van der Waals surface area contributed by atoms with Crippen molar-refractivity contribution in [3.63, 3.8) is 0 Å². The predicted molar refractivity (Wildman–Crippen MR) is 112 cm³/mol. The monoisotopic (exact) mass is 378 g/mol. The van der Waals surface area contributed by atoms with E-state index in [9.17, 15) is 4.79 Å². The molecule has 140 valence electrons. The van der Waals surface area contributed by atoms with Crippen LogP contribution in [0.5, 0.6) is 0 Å². The first-order valence-electron chi connectivity index (χ1n) is 10.1. The molecule has 0 radical (unpaired) electrons. The van der Waals surface area contributed by atoms with Crippen molar-refractivity contribution in [3.05, 3.63) is 63.4 Å². The van der Waals surface area contributed by atoms with Crippen molar-refractivity contribution in [2.75, 3.05) is 18.4 Å². The van der Waals surface area contributed by atoms with Crippen LogP contribution in [0.1, 0.15) is 64.0 Å². The van der Waals surface area contributed by atoms with E-state index in [-0.39, 0.29) is 11.9 Å². The number of thiophene rings is 1. The molecule has 0 spiro atoms. The van der Waals surface area contributed by atoms with Gasteiger partial charge in [0, 0.05) is 23.9 Å². The second-order valence-electron chi connectivity index (χ2n) is 8.07. The van der Waals surface area contributed by atoms with Crippen molar-refractivity contribution in [1.29, 1.82) is 0 Å². The number of allylic oxidation sites excluding steroid dienone is 2. The van der Waals surface area contributed by atoms with Gasteiger partial charge in [-0.1, -0.05) is 24.3 Å². The van der Waals surface area contributed by atoms with Crippen molar-refractivity contribution >= 4 is 22.9 Å². The van der Waals surface area contributed by atoms with Gasteiger partial charge in [-0.25, -0.2) is 0 Å². The third-order valence-electron chi connectivity index (χ3n) is 6.45. The van der Waals surface area contributed by atoms with Crippen LogP contribution in [-0.2, 0) is 0 Å². The van der Waals surface area contributed by atoms with Crippen molar-refractivity contribution in [2.24, 2.45) is 5.92 Å². The fourth-order valence-corrected chi connectivity index (χ4v) is 6.08. The van der Waals surface area contributed by atoms with Gasteiger partial charge in [-0.2, -0.15) is 0 Å². The maximum atomic E-state index is 13.3. The first-order valence-corrected chi connectivity index (χ1v) is 11.0. The molecule has 1 fully saturated rings. The number of fused-ring (bicyclic) bond motifs is 3. The topological polar surface area (TPSA) is 32.3 Å². The van der Waals surface area contributed by atoms with Gasteiger partial charge >= 0.3 is 0 Å². The molecule has 0 saturated carbocycles. The zero-order valence-electron chi connectivity index (χ0n) is 15.8. The van der Waals surface area contributed by atoms with E-state index in [1.165, 1.54) is 22.4 Å². The van der Waals surface area contributed by atoms with Gasteiger partial charge in [-0.05, 0) is 67.2 Å². The summed E-state index contributed by atoms with van der Waals surface area (Å²) < 4.78 is 0. The Bertz CT molecular complexity index is 894. The summed E-state index contributed by atoms with van der Waals surface area (Å²) in [5, 5.41) is 6.01. The van der Waals surface area contributed by atoms with E-state index in [0.717, 1.165) is 43.6 Å². The number of nitrogens with zero attached hydrogens (tertiary/aromatic N) is 1. The van der Waals surface area contributed by atoms with E-state index in [1.54, 1.807) is 0 Å². The number of benzene rings is 1. The number of likely N-dealkylation sites (tertiary alicyclic amines) is 1. The predicted octanol–water partition coefficient (Wildman–Crippen LogP) is 5.51. The molecule has 5 rings (SSSR count). The lowest BCUT2D eigenvalue weighted by molar-refractivity contribution is 0.0725. The maximum Gasteiger partial charge on any atom is 0.255 e. The molecule has 2 aromatic rings. The average molecular weight is 379 g/mol. The molecule has 3 unspecified atom stereocenters. The number of hydrogen-bond donors (Lipinski definition) is 1. The highest BCUT2D eigenvalue weighted by Gasteiger charge is 2.40. The van der Waals surface area contributed by atoms with Gasteiger partial charge in [-0.3, -0.25) is 4.79 Å². The summed E-state index contributed by atoms with van der Waals surface area (Å²) >= 11 is 1.84. The number of anilines is 1. The van der Waals surface area contributed by atoms with Crippen molar-refractivity contribution in [2.45, 2.75) is 44.6 Å². The number of nitrogens with one attached hydrogen (secondary N) is 1. The number of para-hydroxylation sites is 1. The normalized spacial score (nSPS) is 26.4. The van der Waals surface area contributed by atoms with Gasteiger partial charge in [0.2, 0.25) is 0 Å². The van der Waals surface area contributed by atoms with Crippen LogP contribution in [0, 0.1) is 12.8 Å². The molecule has 3 heterocycles. The SMILES string of the molecule is Cc1ccsc1C1Nc2c(C(=O)N3CCCCC3)cccc2C2C=CCC21. The lowest BCUT2D eigenvalue weighted by Gasteiger charge is -2.38. The summed E-state index contributed by atoms with van der Waals surface area (Å²) in [4.78, 5) is 16.8. The Morgan fingerprint density at radius 2 is 2.04 bits per heavy atom. The van der Waals surface area contributed by atoms with Crippen LogP contribution < -0.4 is 5.32 Å². The average Bonchev–Trinajstić information content (AvgIpc) is 3.36. The third kappa shape index (κ3) is 2.82. The van der Waals surface area contributed by atoms with E-state index >= 15 is 0 Å². The first-order chi connectivity index (χ1) is 13.2. The van der Waals surface area contributed by atoms with Crippen molar-refractivity contribution < 1.29 is 4.79 Å². The van der Waals surface area contributed by atoms with E-state index in [0.29, 0.717) is 11.8 Å². The van der Waals surface area contributed by atoms with Crippen LogP contribution in [0.15, 0.2) is 41.8 Å². The van der Waals surface area contributed by atoms with Crippen molar-refractivity contribution in [3.8, 4) is 0 Å². The molecule has 1 N–H and O–H groups in total. The van der Waals surface area contributed by atoms with E-state index in [4.69, 9.17) is 0 Å². The molecular formula is C23H26N2OS. The van der Waals surface area contributed by atoms with Crippen molar-refractivity contribution in [1.82, 2.24) is 4.90 Å². The lowest BCUT2D eigenvalue weighted by Crippen LogP contribution is -2.37. The number of carbonyl (C=O) groups excluding carboxylic acids is 1. The van der Waals surface area contributed by atoms with E-state index in [2.05, 4.69) is 48.0 Å². The molecule has 3 nitrogen and oxygen atoms in total. The molecule has 2 aliphatic heterocycles. The molecule has 1 saturated heterocycles. The molecule has 3 atom stereocenters. The minimum Gasteiger partial charge on any atom is -0.376 e. The molecule has 1 aromatic heterocycles. The van der Waals surface area contributed by atoms with Gasteiger partial charge in [0.05, 0.1) is 17.3 Å². The van der Waals surface area contributed by atoms with Crippen LogP contribution in [0.3, 0.4) is 0 Å². The minimum atomic E-state index is 0.195. The van der Waals surface area contributed by atoms with Gasteiger partial charge in [0.15, 0.2) is 0 Å². The number of hydrogen-bond acceptors (Lipinski definition) is 3.